The molecule has 1 saturated carbocycles. The molecule has 0 spiro atoms. The normalized spacial score (nSPS) is 27.4. The van der Waals surface area contributed by atoms with Crippen LogP contribution in [0, 0.1) is 0 Å². The summed E-state index contributed by atoms with van der Waals surface area (Å²) in [6, 6.07) is -1.39. The van der Waals surface area contributed by atoms with Gasteiger partial charge in [-0.05, 0) is 0 Å². The summed E-state index contributed by atoms with van der Waals surface area (Å²) in [6.45, 7) is 5.72. The van der Waals surface area contributed by atoms with E-state index in [2.05, 4.69) is 5.32 Å². The van der Waals surface area contributed by atoms with Crippen molar-refractivity contribution in [2.75, 3.05) is 6.61 Å². The van der Waals surface area contributed by atoms with E-state index in [4.69, 9.17) is 23.7 Å². The van der Waals surface area contributed by atoms with Crippen molar-refractivity contribution in [1.29, 1.82) is 0 Å². The maximum Gasteiger partial charge on any atom is 0.303 e. The van der Waals surface area contributed by atoms with Gasteiger partial charge in [-0.15, -0.1) is 0 Å². The molecule has 0 aliphatic heterocycles. The molecule has 5 atom stereocenters. The van der Waals surface area contributed by atoms with Crippen LogP contribution >= 0.6 is 0 Å². The van der Waals surface area contributed by atoms with Crippen molar-refractivity contribution in [3.05, 3.63) is 0 Å². The van der Waals surface area contributed by atoms with E-state index in [9.17, 15) is 28.8 Å². The molecule has 0 heterocycles. The number of nitrogens with one attached hydrogen (secondary N) is 1. The smallest absolute Gasteiger partial charge is 0.303 e. The molecule has 1 fully saturated rings. The lowest BCUT2D eigenvalue weighted by Crippen LogP contribution is -2.62. The number of amides is 1. The van der Waals surface area contributed by atoms with Crippen LogP contribution in [0.15, 0.2) is 0 Å². The molecule has 12 heteroatoms. The molecule has 12 nitrogen and oxygen atoms in total. The number of carbonyl (C=O) groups excluding carboxylic acids is 6. The van der Waals surface area contributed by atoms with Crippen LogP contribution in [-0.4, -0.2) is 72.3 Å². The van der Waals surface area contributed by atoms with Crippen molar-refractivity contribution >= 4 is 35.8 Å². The van der Waals surface area contributed by atoms with E-state index < -0.39 is 72.3 Å². The summed E-state index contributed by atoms with van der Waals surface area (Å²) >= 11 is 0. The summed E-state index contributed by atoms with van der Waals surface area (Å²) in [6.07, 6.45) is -4.50. The minimum Gasteiger partial charge on any atom is -0.461 e. The molecule has 1 N–H and O–H groups in total. The van der Waals surface area contributed by atoms with Crippen molar-refractivity contribution in [2.24, 2.45) is 0 Å². The SMILES string of the molecule is CC(=O)N[C@@H]1[C@@H](OC(C)=O)[C@@H](OC(C)=O)[C@@H](OC(C)=O)[C@]1(COC(C)=O)OC(C)=O. The lowest BCUT2D eigenvalue weighted by Gasteiger charge is -2.37. The van der Waals surface area contributed by atoms with E-state index in [1.165, 1.54) is 0 Å². The lowest BCUT2D eigenvalue weighted by atomic mass is 9.94. The lowest BCUT2D eigenvalue weighted by molar-refractivity contribution is -0.203. The topological polar surface area (TPSA) is 161 Å². The molecule has 0 saturated heterocycles. The van der Waals surface area contributed by atoms with E-state index in [-0.39, 0.29) is 0 Å². The van der Waals surface area contributed by atoms with Gasteiger partial charge in [0.1, 0.15) is 12.6 Å². The molecule has 0 aromatic carbocycles. The molecule has 168 valence electrons. The Hall–Kier alpha value is -3.18. The van der Waals surface area contributed by atoms with Crippen LogP contribution < -0.4 is 5.32 Å². The van der Waals surface area contributed by atoms with Crippen molar-refractivity contribution in [2.45, 2.75) is 71.5 Å². The van der Waals surface area contributed by atoms with Gasteiger partial charge in [0.15, 0.2) is 18.3 Å². The summed E-state index contributed by atoms with van der Waals surface area (Å²) in [7, 11) is 0. The van der Waals surface area contributed by atoms with E-state index in [1.807, 2.05) is 0 Å². The predicted octanol–water partition coefficient (Wildman–Crippen LogP) is -0.835. The van der Waals surface area contributed by atoms with Crippen LogP contribution in [0.3, 0.4) is 0 Å². The summed E-state index contributed by atoms with van der Waals surface area (Å²) in [5, 5.41) is 2.46. The number of hydrogen-bond donors (Lipinski definition) is 1. The summed E-state index contributed by atoms with van der Waals surface area (Å²) < 4.78 is 26.2. The summed E-state index contributed by atoms with van der Waals surface area (Å²) in [4.78, 5) is 70.5. The molecular weight excluding hydrogens is 406 g/mol. The molecule has 0 bridgehead atoms. The van der Waals surface area contributed by atoms with Crippen LogP contribution in [0.2, 0.25) is 0 Å². The van der Waals surface area contributed by atoms with Crippen molar-refractivity contribution in [3.8, 4) is 0 Å². The summed E-state index contributed by atoms with van der Waals surface area (Å²) in [5.74, 6) is -4.81. The standard InChI is InChI=1S/C18H25NO11/c1-8(20)19-16-14(27-10(3)22)15(28-11(4)23)17(29-12(5)24)18(16,30-13(6)25)7-26-9(2)21/h14-17H,7H2,1-6H3,(H,19,20)/t14-,15+,16+,17+,18+/m0/s1. The first-order valence-corrected chi connectivity index (χ1v) is 8.91. The van der Waals surface area contributed by atoms with Gasteiger partial charge in [-0.3, -0.25) is 28.8 Å². The van der Waals surface area contributed by atoms with Gasteiger partial charge in [-0.2, -0.15) is 0 Å². The molecule has 1 aliphatic rings. The van der Waals surface area contributed by atoms with Crippen LogP contribution in [-0.2, 0) is 52.5 Å². The van der Waals surface area contributed by atoms with Gasteiger partial charge in [0.25, 0.3) is 0 Å². The Kier molecular flexibility index (Phi) is 8.31. The van der Waals surface area contributed by atoms with Gasteiger partial charge in [0.2, 0.25) is 11.5 Å². The minimum atomic E-state index is -2.06. The van der Waals surface area contributed by atoms with Crippen LogP contribution in [0.1, 0.15) is 41.5 Å². The molecule has 1 amide bonds. The van der Waals surface area contributed by atoms with Crippen molar-refractivity contribution in [3.63, 3.8) is 0 Å². The van der Waals surface area contributed by atoms with Crippen molar-refractivity contribution in [1.82, 2.24) is 5.32 Å². The number of ether oxygens (including phenoxy) is 5. The first-order valence-electron chi connectivity index (χ1n) is 8.91. The predicted molar refractivity (Wildman–Crippen MR) is 95.4 cm³/mol. The van der Waals surface area contributed by atoms with E-state index in [0.717, 1.165) is 41.5 Å². The van der Waals surface area contributed by atoms with Gasteiger partial charge < -0.3 is 29.0 Å². The fraction of sp³-hybridized carbons (Fsp3) is 0.667. The van der Waals surface area contributed by atoms with E-state index in [1.54, 1.807) is 0 Å². The molecule has 30 heavy (non-hydrogen) atoms. The highest BCUT2D eigenvalue weighted by atomic mass is 16.7. The summed E-state index contributed by atoms with van der Waals surface area (Å²) in [5.41, 5.74) is -2.06. The minimum absolute atomic E-state index is 0.637. The quantitative estimate of drug-likeness (QED) is 0.395. The molecule has 0 unspecified atom stereocenters. The fourth-order valence-corrected chi connectivity index (χ4v) is 3.32. The third kappa shape index (κ3) is 6.16. The molecule has 1 aliphatic carbocycles. The number of carbonyl (C=O) groups is 6. The Morgan fingerprint density at radius 2 is 1.20 bits per heavy atom. The average Bonchev–Trinajstić information content (AvgIpc) is 2.75. The van der Waals surface area contributed by atoms with Crippen molar-refractivity contribution < 1.29 is 52.5 Å². The Morgan fingerprint density at radius 3 is 1.60 bits per heavy atom. The van der Waals surface area contributed by atoms with Gasteiger partial charge in [0, 0.05) is 41.5 Å². The zero-order chi connectivity index (χ0) is 23.2. The first kappa shape index (κ1) is 24.9. The number of hydrogen-bond acceptors (Lipinski definition) is 11. The molecule has 1 rings (SSSR count). The number of esters is 5. The highest BCUT2D eigenvalue weighted by Gasteiger charge is 2.69. The van der Waals surface area contributed by atoms with Gasteiger partial charge in [-0.25, -0.2) is 0 Å². The highest BCUT2D eigenvalue weighted by molar-refractivity contribution is 5.75. The maximum absolute atomic E-state index is 11.9. The molecular formula is C18H25NO11. The molecule has 0 aromatic rings. The molecule has 0 aromatic heterocycles. The van der Waals surface area contributed by atoms with Crippen LogP contribution in [0.4, 0.5) is 0 Å². The fourth-order valence-electron chi connectivity index (χ4n) is 3.32. The Morgan fingerprint density at radius 1 is 0.700 bits per heavy atom. The van der Waals surface area contributed by atoms with E-state index >= 15 is 0 Å². The van der Waals surface area contributed by atoms with Gasteiger partial charge >= 0.3 is 29.8 Å². The molecule has 0 radical (unpaired) electrons. The average molecular weight is 431 g/mol. The van der Waals surface area contributed by atoms with Gasteiger partial charge in [0.05, 0.1) is 0 Å². The largest absolute Gasteiger partial charge is 0.461 e. The monoisotopic (exact) mass is 431 g/mol. The second-order valence-electron chi connectivity index (χ2n) is 6.69. The zero-order valence-corrected chi connectivity index (χ0v) is 17.5. The number of rotatable bonds is 7. The van der Waals surface area contributed by atoms with Crippen LogP contribution in [0.5, 0.6) is 0 Å². The third-order valence-corrected chi connectivity index (χ3v) is 4.05. The zero-order valence-electron chi connectivity index (χ0n) is 17.5. The third-order valence-electron chi connectivity index (χ3n) is 4.05. The first-order chi connectivity index (χ1) is 13.8. The highest BCUT2D eigenvalue weighted by Crippen LogP contribution is 2.41. The Bertz CT molecular complexity index is 690. The second kappa shape index (κ2) is 10.0. The Balaban J connectivity index is 3.74. The second-order valence-corrected chi connectivity index (χ2v) is 6.69. The van der Waals surface area contributed by atoms with E-state index in [0.29, 0.717) is 0 Å². The maximum atomic E-state index is 11.9. The van der Waals surface area contributed by atoms with Crippen LogP contribution in [0.25, 0.3) is 0 Å². The van der Waals surface area contributed by atoms with Gasteiger partial charge in [-0.1, -0.05) is 0 Å². The Labute approximate surface area is 172 Å².